The van der Waals surface area contributed by atoms with Gasteiger partial charge in [0.25, 0.3) is 0 Å². The second kappa shape index (κ2) is 7.98. The molecule has 118 valence electrons. The molecule has 0 bridgehead atoms. The Hall–Kier alpha value is -0.820. The molecule has 0 spiro atoms. The van der Waals surface area contributed by atoms with Crippen molar-refractivity contribution in [3.8, 4) is 0 Å². The van der Waals surface area contributed by atoms with Gasteiger partial charge in [0.15, 0.2) is 0 Å². The molecule has 1 aromatic rings. The summed E-state index contributed by atoms with van der Waals surface area (Å²) in [4.78, 5) is 0. The van der Waals surface area contributed by atoms with Gasteiger partial charge in [0.1, 0.15) is 0 Å². The van der Waals surface area contributed by atoms with Crippen LogP contribution in [0.4, 0.5) is 0 Å². The highest BCUT2D eigenvalue weighted by molar-refractivity contribution is 5.20. The van der Waals surface area contributed by atoms with Crippen molar-refractivity contribution in [3.05, 3.63) is 35.9 Å². The van der Waals surface area contributed by atoms with Crippen LogP contribution in [-0.4, -0.2) is 6.04 Å². The highest BCUT2D eigenvalue weighted by Gasteiger charge is 2.28. The van der Waals surface area contributed by atoms with Crippen molar-refractivity contribution < 1.29 is 0 Å². The zero-order chi connectivity index (χ0) is 15.2. The Bertz CT molecular complexity index is 396. The number of rotatable bonds is 6. The van der Waals surface area contributed by atoms with Crippen molar-refractivity contribution in [2.45, 2.75) is 71.9 Å². The predicted molar refractivity (Wildman–Crippen MR) is 92.4 cm³/mol. The molecule has 1 N–H and O–H groups in total. The lowest BCUT2D eigenvalue weighted by molar-refractivity contribution is 0.196. The summed E-state index contributed by atoms with van der Waals surface area (Å²) in [5.41, 5.74) is 1.47. The van der Waals surface area contributed by atoms with E-state index in [-0.39, 0.29) is 0 Å². The van der Waals surface area contributed by atoms with Crippen molar-refractivity contribution in [1.29, 1.82) is 0 Å². The minimum Gasteiger partial charge on any atom is -0.307 e. The molecule has 1 aliphatic rings. The van der Waals surface area contributed by atoms with Crippen LogP contribution < -0.4 is 5.32 Å². The number of hydrogen-bond acceptors (Lipinski definition) is 1. The van der Waals surface area contributed by atoms with E-state index in [1.807, 2.05) is 0 Å². The van der Waals surface area contributed by atoms with Crippen molar-refractivity contribution in [3.63, 3.8) is 0 Å². The summed E-state index contributed by atoms with van der Waals surface area (Å²) in [6.07, 6.45) is 6.56. The van der Waals surface area contributed by atoms with Crippen LogP contribution in [0.1, 0.15) is 71.4 Å². The van der Waals surface area contributed by atoms with E-state index in [1.54, 1.807) is 0 Å². The van der Waals surface area contributed by atoms with E-state index < -0.39 is 0 Å². The third kappa shape index (κ3) is 4.32. The quantitative estimate of drug-likeness (QED) is 0.720. The SMILES string of the molecule is CCC(CC)C(NC1CCC(C)C(C)C1)c1ccccc1. The molecule has 1 fully saturated rings. The van der Waals surface area contributed by atoms with Crippen molar-refractivity contribution in [2.24, 2.45) is 17.8 Å². The van der Waals surface area contributed by atoms with Gasteiger partial charge >= 0.3 is 0 Å². The van der Waals surface area contributed by atoms with E-state index in [0.717, 1.165) is 17.8 Å². The zero-order valence-electron chi connectivity index (χ0n) is 14.3. The lowest BCUT2D eigenvalue weighted by atomic mass is 9.78. The molecule has 0 saturated heterocycles. The van der Waals surface area contributed by atoms with E-state index in [9.17, 15) is 0 Å². The fourth-order valence-corrected chi connectivity index (χ4v) is 3.88. The standard InChI is InChI=1S/C20H33N/c1-5-17(6-2)20(18-10-8-7-9-11-18)21-19-13-12-15(3)16(4)14-19/h7-11,15-17,19-21H,5-6,12-14H2,1-4H3. The molecular formula is C20H33N. The fourth-order valence-electron chi connectivity index (χ4n) is 3.88. The van der Waals surface area contributed by atoms with Crippen LogP contribution in [0, 0.1) is 17.8 Å². The van der Waals surface area contributed by atoms with Gasteiger partial charge in [-0.2, -0.15) is 0 Å². The summed E-state index contributed by atoms with van der Waals surface area (Å²) in [5.74, 6) is 2.49. The molecule has 0 aliphatic heterocycles. The van der Waals surface area contributed by atoms with Gasteiger partial charge in [-0.25, -0.2) is 0 Å². The molecular weight excluding hydrogens is 254 g/mol. The van der Waals surface area contributed by atoms with Crippen molar-refractivity contribution in [1.82, 2.24) is 5.32 Å². The number of nitrogens with one attached hydrogen (secondary N) is 1. The Labute approximate surface area is 131 Å². The van der Waals surface area contributed by atoms with Crippen LogP contribution in [0.25, 0.3) is 0 Å². The topological polar surface area (TPSA) is 12.0 Å². The largest absolute Gasteiger partial charge is 0.307 e. The van der Waals surface area contributed by atoms with Gasteiger partial charge in [0, 0.05) is 12.1 Å². The first-order chi connectivity index (χ1) is 10.2. The smallest absolute Gasteiger partial charge is 0.0350 e. The average molecular weight is 287 g/mol. The normalized spacial score (nSPS) is 27.8. The van der Waals surface area contributed by atoms with Crippen molar-refractivity contribution >= 4 is 0 Å². The second-order valence-electron chi connectivity index (χ2n) is 7.10. The van der Waals surface area contributed by atoms with Crippen LogP contribution in [0.15, 0.2) is 30.3 Å². The number of benzene rings is 1. The molecule has 1 heteroatoms. The molecule has 21 heavy (non-hydrogen) atoms. The van der Waals surface area contributed by atoms with Gasteiger partial charge in [-0.1, -0.05) is 70.9 Å². The molecule has 1 aromatic carbocycles. The fraction of sp³-hybridized carbons (Fsp3) is 0.700. The molecule has 4 unspecified atom stereocenters. The van der Waals surface area contributed by atoms with Crippen LogP contribution >= 0.6 is 0 Å². The summed E-state index contributed by atoms with van der Waals surface area (Å²) in [7, 11) is 0. The first-order valence-electron chi connectivity index (χ1n) is 8.96. The van der Waals surface area contributed by atoms with E-state index in [0.29, 0.717) is 12.1 Å². The van der Waals surface area contributed by atoms with Gasteiger partial charge in [0.2, 0.25) is 0 Å². The Morgan fingerprint density at radius 3 is 2.24 bits per heavy atom. The Kier molecular flexibility index (Phi) is 6.29. The summed E-state index contributed by atoms with van der Waals surface area (Å²) < 4.78 is 0. The summed E-state index contributed by atoms with van der Waals surface area (Å²) in [5, 5.41) is 4.03. The third-order valence-electron chi connectivity index (χ3n) is 5.69. The first kappa shape index (κ1) is 16.5. The van der Waals surface area contributed by atoms with Crippen LogP contribution in [0.2, 0.25) is 0 Å². The van der Waals surface area contributed by atoms with Crippen LogP contribution in [-0.2, 0) is 0 Å². The van der Waals surface area contributed by atoms with Crippen molar-refractivity contribution in [2.75, 3.05) is 0 Å². The van der Waals surface area contributed by atoms with E-state index in [4.69, 9.17) is 0 Å². The second-order valence-corrected chi connectivity index (χ2v) is 7.10. The Morgan fingerprint density at radius 2 is 1.67 bits per heavy atom. The highest BCUT2D eigenvalue weighted by Crippen LogP contribution is 2.33. The van der Waals surface area contributed by atoms with Crippen LogP contribution in [0.3, 0.4) is 0 Å². The van der Waals surface area contributed by atoms with Crippen LogP contribution in [0.5, 0.6) is 0 Å². The van der Waals surface area contributed by atoms with Gasteiger partial charge in [0.05, 0.1) is 0 Å². The maximum absolute atomic E-state index is 4.03. The molecule has 0 radical (unpaired) electrons. The molecule has 0 amide bonds. The number of hydrogen-bond donors (Lipinski definition) is 1. The van der Waals surface area contributed by atoms with Gasteiger partial charge in [-0.15, -0.1) is 0 Å². The monoisotopic (exact) mass is 287 g/mol. The zero-order valence-corrected chi connectivity index (χ0v) is 14.3. The Balaban J connectivity index is 2.09. The molecule has 1 nitrogen and oxygen atoms in total. The Morgan fingerprint density at radius 1 is 1.00 bits per heavy atom. The van der Waals surface area contributed by atoms with Gasteiger partial charge in [-0.05, 0) is 42.6 Å². The average Bonchev–Trinajstić information content (AvgIpc) is 2.52. The first-order valence-corrected chi connectivity index (χ1v) is 8.96. The van der Waals surface area contributed by atoms with Gasteiger partial charge in [-0.3, -0.25) is 0 Å². The molecule has 4 atom stereocenters. The lowest BCUT2D eigenvalue weighted by Crippen LogP contribution is -2.40. The summed E-state index contributed by atoms with van der Waals surface area (Å²) in [6.45, 7) is 9.50. The maximum atomic E-state index is 4.03. The van der Waals surface area contributed by atoms with Gasteiger partial charge < -0.3 is 5.32 Å². The van der Waals surface area contributed by atoms with E-state index >= 15 is 0 Å². The minimum atomic E-state index is 0.520. The lowest BCUT2D eigenvalue weighted by Gasteiger charge is -2.37. The minimum absolute atomic E-state index is 0.520. The summed E-state index contributed by atoms with van der Waals surface area (Å²) >= 11 is 0. The van der Waals surface area contributed by atoms with E-state index in [1.165, 1.54) is 37.7 Å². The summed E-state index contributed by atoms with van der Waals surface area (Å²) in [6, 6.07) is 12.3. The third-order valence-corrected chi connectivity index (χ3v) is 5.69. The predicted octanol–water partition coefficient (Wildman–Crippen LogP) is 5.58. The molecule has 1 aliphatic carbocycles. The van der Waals surface area contributed by atoms with E-state index in [2.05, 4.69) is 63.3 Å². The maximum Gasteiger partial charge on any atom is 0.0350 e. The molecule has 0 heterocycles. The molecule has 2 rings (SSSR count). The highest BCUT2D eigenvalue weighted by atomic mass is 15.0. The molecule has 1 saturated carbocycles. The molecule has 0 aromatic heterocycles.